The number of hydrogen-bond acceptors (Lipinski definition) is 6. The molecule has 3 atom stereocenters. The van der Waals surface area contributed by atoms with E-state index in [1.807, 2.05) is 37.3 Å². The van der Waals surface area contributed by atoms with Crippen LogP contribution in [0.25, 0.3) is 11.1 Å². The maximum Gasteiger partial charge on any atom is 0.142 e. The highest BCUT2D eigenvalue weighted by atomic mass is 35.5. The van der Waals surface area contributed by atoms with Gasteiger partial charge in [0.2, 0.25) is 0 Å². The first-order valence-corrected chi connectivity index (χ1v) is 14.0. The minimum atomic E-state index is -0.533. The summed E-state index contributed by atoms with van der Waals surface area (Å²) in [6, 6.07) is 20.0. The number of nitrogens with one attached hydrogen (secondary N) is 1. The predicted molar refractivity (Wildman–Crippen MR) is 156 cm³/mol. The van der Waals surface area contributed by atoms with Crippen molar-refractivity contribution in [1.29, 1.82) is 5.26 Å². The van der Waals surface area contributed by atoms with Gasteiger partial charge in [0.15, 0.2) is 0 Å². The van der Waals surface area contributed by atoms with Crippen molar-refractivity contribution in [3.8, 4) is 28.7 Å². The first-order chi connectivity index (χ1) is 19.8. The van der Waals surface area contributed by atoms with Crippen LogP contribution in [-0.4, -0.2) is 22.2 Å². The molecule has 6 nitrogen and oxygen atoms in total. The van der Waals surface area contributed by atoms with Gasteiger partial charge in [-0.25, -0.2) is 4.39 Å². The first-order valence-electron chi connectivity index (χ1n) is 13.6. The number of nitriles is 1. The van der Waals surface area contributed by atoms with Crippen molar-refractivity contribution in [3.63, 3.8) is 0 Å². The molecule has 0 unspecified atom stereocenters. The number of aromatic nitrogens is 1. The molecule has 1 aromatic heterocycles. The van der Waals surface area contributed by atoms with Crippen molar-refractivity contribution in [2.24, 2.45) is 0 Å². The van der Waals surface area contributed by atoms with E-state index in [0.29, 0.717) is 34.2 Å². The Morgan fingerprint density at radius 1 is 1.10 bits per heavy atom. The SMILES string of the molecule is C[C@H](NCc1cc(Cl)c(O[C@H]2CCc3c(-c4ccccc4F)cccc32)cc1OCc1cncc(C#N)c1)[C@@H](C)O. The minimum absolute atomic E-state index is 0.146. The van der Waals surface area contributed by atoms with Gasteiger partial charge in [0.05, 0.1) is 16.7 Å². The number of fused-ring (bicyclic) bond motifs is 1. The van der Waals surface area contributed by atoms with E-state index in [-0.39, 0.29) is 24.6 Å². The van der Waals surface area contributed by atoms with Gasteiger partial charge < -0.3 is 19.9 Å². The molecule has 0 saturated carbocycles. The summed E-state index contributed by atoms with van der Waals surface area (Å²) in [4.78, 5) is 4.11. The Kier molecular flexibility index (Phi) is 8.84. The number of ether oxygens (including phenoxy) is 2. The average Bonchev–Trinajstić information content (AvgIpc) is 3.39. The smallest absolute Gasteiger partial charge is 0.142 e. The number of hydrogen-bond donors (Lipinski definition) is 2. The average molecular weight is 572 g/mol. The molecular formula is C33H31ClFN3O3. The highest BCUT2D eigenvalue weighted by Crippen LogP contribution is 2.43. The fourth-order valence-corrected chi connectivity index (χ4v) is 5.22. The summed E-state index contributed by atoms with van der Waals surface area (Å²) in [5.74, 6) is 0.794. The molecule has 0 bridgehead atoms. The Morgan fingerprint density at radius 3 is 2.68 bits per heavy atom. The second-order valence-electron chi connectivity index (χ2n) is 10.3. The summed E-state index contributed by atoms with van der Waals surface area (Å²) in [6.45, 7) is 4.23. The summed E-state index contributed by atoms with van der Waals surface area (Å²) in [5, 5.41) is 22.9. The molecule has 0 spiro atoms. The quantitative estimate of drug-likeness (QED) is 0.215. The summed E-state index contributed by atoms with van der Waals surface area (Å²) < 4.78 is 27.3. The number of pyridine rings is 1. The van der Waals surface area contributed by atoms with Gasteiger partial charge in [-0.05, 0) is 61.6 Å². The second kappa shape index (κ2) is 12.7. The summed E-state index contributed by atoms with van der Waals surface area (Å²) in [5.41, 5.74) is 5.55. The lowest BCUT2D eigenvalue weighted by atomic mass is 9.96. The van der Waals surface area contributed by atoms with Crippen LogP contribution in [0.15, 0.2) is 73.1 Å². The van der Waals surface area contributed by atoms with Crippen LogP contribution in [-0.2, 0) is 19.6 Å². The van der Waals surface area contributed by atoms with Gasteiger partial charge in [0.1, 0.15) is 36.1 Å². The van der Waals surface area contributed by atoms with E-state index in [0.717, 1.165) is 40.7 Å². The van der Waals surface area contributed by atoms with Crippen LogP contribution in [0.2, 0.25) is 5.02 Å². The third-order valence-corrected chi connectivity index (χ3v) is 7.72. The molecular weight excluding hydrogens is 541 g/mol. The standard InChI is InChI=1S/C33H31ClFN3O3/c1-20(21(2)39)38-18-24-13-29(34)33(14-32(24)40-19-23-12-22(15-36)16-37-17-23)41-31-11-10-26-25(7-5-8-28(26)31)27-6-3-4-9-30(27)35/h3-9,12-14,16-17,20-21,31,38-39H,10-11,18-19H2,1-2H3/t20-,21+,31-/m0/s1. The molecule has 1 heterocycles. The minimum Gasteiger partial charge on any atom is -0.488 e. The van der Waals surface area contributed by atoms with E-state index in [2.05, 4.69) is 16.4 Å². The van der Waals surface area contributed by atoms with E-state index in [1.165, 1.54) is 12.3 Å². The maximum absolute atomic E-state index is 14.6. The van der Waals surface area contributed by atoms with E-state index < -0.39 is 6.10 Å². The molecule has 5 rings (SSSR count). The Hall–Kier alpha value is -3.96. The van der Waals surface area contributed by atoms with Crippen LogP contribution in [0.1, 0.15) is 54.2 Å². The van der Waals surface area contributed by atoms with E-state index >= 15 is 0 Å². The maximum atomic E-state index is 14.6. The Bertz CT molecular complexity index is 1590. The molecule has 4 aromatic rings. The van der Waals surface area contributed by atoms with Crippen molar-refractivity contribution in [2.45, 2.75) is 58.1 Å². The Labute approximate surface area is 244 Å². The van der Waals surface area contributed by atoms with Crippen LogP contribution >= 0.6 is 11.6 Å². The van der Waals surface area contributed by atoms with E-state index in [1.54, 1.807) is 37.4 Å². The molecule has 8 heteroatoms. The van der Waals surface area contributed by atoms with Crippen LogP contribution in [0.5, 0.6) is 11.5 Å². The Balaban J connectivity index is 1.42. The molecule has 0 fully saturated rings. The monoisotopic (exact) mass is 571 g/mol. The summed E-state index contributed by atoms with van der Waals surface area (Å²) >= 11 is 6.74. The summed E-state index contributed by atoms with van der Waals surface area (Å²) in [7, 11) is 0. The van der Waals surface area contributed by atoms with Crippen molar-refractivity contribution in [3.05, 3.63) is 112 Å². The number of benzene rings is 3. The third-order valence-electron chi connectivity index (χ3n) is 7.42. The molecule has 210 valence electrons. The van der Waals surface area contributed by atoms with Gasteiger partial charge in [-0.15, -0.1) is 0 Å². The van der Waals surface area contributed by atoms with Gasteiger partial charge in [-0.3, -0.25) is 4.98 Å². The zero-order chi connectivity index (χ0) is 28.9. The topological polar surface area (TPSA) is 87.4 Å². The van der Waals surface area contributed by atoms with Crippen molar-refractivity contribution < 1.29 is 19.0 Å². The van der Waals surface area contributed by atoms with Gasteiger partial charge >= 0.3 is 0 Å². The van der Waals surface area contributed by atoms with Gasteiger partial charge in [0, 0.05) is 47.7 Å². The van der Waals surface area contributed by atoms with Crippen molar-refractivity contribution >= 4 is 11.6 Å². The number of aliphatic hydroxyl groups is 1. The van der Waals surface area contributed by atoms with Crippen molar-refractivity contribution in [1.82, 2.24) is 10.3 Å². The Morgan fingerprint density at radius 2 is 1.90 bits per heavy atom. The molecule has 1 aliphatic rings. The third kappa shape index (κ3) is 6.52. The number of rotatable bonds is 10. The number of halogens is 2. The first kappa shape index (κ1) is 28.6. The number of aliphatic hydroxyl groups excluding tert-OH is 1. The lowest BCUT2D eigenvalue weighted by Gasteiger charge is -2.21. The van der Waals surface area contributed by atoms with Crippen LogP contribution < -0.4 is 14.8 Å². The fraction of sp³-hybridized carbons (Fsp3) is 0.273. The zero-order valence-corrected chi connectivity index (χ0v) is 23.7. The van der Waals surface area contributed by atoms with Crippen LogP contribution in [0.4, 0.5) is 4.39 Å². The molecule has 2 N–H and O–H groups in total. The van der Waals surface area contributed by atoms with Gasteiger partial charge in [-0.1, -0.05) is 48.0 Å². The van der Waals surface area contributed by atoms with Crippen LogP contribution in [0.3, 0.4) is 0 Å². The zero-order valence-electron chi connectivity index (χ0n) is 22.9. The fourth-order valence-electron chi connectivity index (χ4n) is 4.99. The lowest BCUT2D eigenvalue weighted by Crippen LogP contribution is -2.35. The number of nitrogens with zero attached hydrogens (tertiary/aromatic N) is 2. The van der Waals surface area contributed by atoms with Crippen molar-refractivity contribution in [2.75, 3.05) is 0 Å². The molecule has 41 heavy (non-hydrogen) atoms. The molecule has 0 saturated heterocycles. The highest BCUT2D eigenvalue weighted by Gasteiger charge is 2.28. The summed E-state index contributed by atoms with van der Waals surface area (Å²) in [6.07, 6.45) is 3.86. The second-order valence-corrected chi connectivity index (χ2v) is 10.7. The lowest BCUT2D eigenvalue weighted by molar-refractivity contribution is 0.152. The van der Waals surface area contributed by atoms with E-state index in [9.17, 15) is 14.8 Å². The normalized spacial score (nSPS) is 15.6. The van der Waals surface area contributed by atoms with Gasteiger partial charge in [0.25, 0.3) is 0 Å². The molecule has 0 amide bonds. The largest absolute Gasteiger partial charge is 0.488 e. The molecule has 0 radical (unpaired) electrons. The molecule has 0 aliphatic heterocycles. The molecule has 1 aliphatic carbocycles. The van der Waals surface area contributed by atoms with E-state index in [4.69, 9.17) is 21.1 Å². The van der Waals surface area contributed by atoms with Crippen LogP contribution in [0, 0.1) is 17.1 Å². The predicted octanol–water partition coefficient (Wildman–Crippen LogP) is 6.92. The highest BCUT2D eigenvalue weighted by molar-refractivity contribution is 6.32. The molecule has 3 aromatic carbocycles. The van der Waals surface area contributed by atoms with Gasteiger partial charge in [-0.2, -0.15) is 5.26 Å².